The molecule has 1 aromatic heterocycles. The zero-order valence-electron chi connectivity index (χ0n) is 14.9. The first-order chi connectivity index (χ1) is 11.8. The average Bonchev–Trinajstić information content (AvgIpc) is 3.21. The van der Waals surface area contributed by atoms with E-state index < -0.39 is 11.9 Å². The maximum absolute atomic E-state index is 11.9. The Morgan fingerprint density at radius 1 is 1.44 bits per heavy atom. The number of amides is 1. The summed E-state index contributed by atoms with van der Waals surface area (Å²) < 4.78 is 4.94. The summed E-state index contributed by atoms with van der Waals surface area (Å²) in [5, 5.41) is 8.19. The number of rotatable bonds is 5. The summed E-state index contributed by atoms with van der Waals surface area (Å²) >= 11 is 1.55. The van der Waals surface area contributed by atoms with Gasteiger partial charge in [-0.3, -0.25) is 4.79 Å². The second kappa shape index (κ2) is 6.75. The molecule has 0 aliphatic heterocycles. The Labute approximate surface area is 152 Å². The number of carbonyl (C=O) groups is 2. The van der Waals surface area contributed by atoms with E-state index in [-0.39, 0.29) is 17.4 Å². The predicted molar refractivity (Wildman–Crippen MR) is 99.1 cm³/mol. The highest BCUT2D eigenvalue weighted by molar-refractivity contribution is 7.08. The van der Waals surface area contributed by atoms with E-state index in [1.807, 2.05) is 16.8 Å². The van der Waals surface area contributed by atoms with Crippen LogP contribution >= 0.6 is 11.3 Å². The van der Waals surface area contributed by atoms with Crippen molar-refractivity contribution in [1.82, 2.24) is 5.43 Å². The molecule has 3 rings (SSSR count). The van der Waals surface area contributed by atoms with Gasteiger partial charge in [0.1, 0.15) is 0 Å². The van der Waals surface area contributed by atoms with Crippen LogP contribution in [0, 0.1) is 16.7 Å². The predicted octanol–water partition coefficient (Wildman–Crippen LogP) is 3.62. The van der Waals surface area contributed by atoms with Crippen LogP contribution < -0.4 is 5.43 Å². The number of carbonyl (C=O) groups excluding carboxylic acids is 2. The first-order valence-electron chi connectivity index (χ1n) is 8.56. The van der Waals surface area contributed by atoms with Gasteiger partial charge >= 0.3 is 5.97 Å². The quantitative estimate of drug-likeness (QED) is 0.495. The summed E-state index contributed by atoms with van der Waals surface area (Å²) in [6.45, 7) is 6.49. The van der Waals surface area contributed by atoms with Gasteiger partial charge < -0.3 is 4.74 Å². The fourth-order valence-corrected chi connectivity index (χ4v) is 4.61. The topological polar surface area (TPSA) is 67.8 Å². The van der Waals surface area contributed by atoms with Crippen molar-refractivity contribution in [3.05, 3.63) is 28.5 Å². The van der Waals surface area contributed by atoms with Crippen molar-refractivity contribution < 1.29 is 14.3 Å². The molecule has 0 radical (unpaired) electrons. The lowest BCUT2D eigenvalue weighted by Gasteiger charge is -2.34. The molecule has 0 aromatic carbocycles. The Kier molecular flexibility index (Phi) is 4.82. The van der Waals surface area contributed by atoms with Gasteiger partial charge in [0.25, 0.3) is 5.91 Å². The minimum Gasteiger partial charge on any atom is -0.452 e. The van der Waals surface area contributed by atoms with Crippen molar-refractivity contribution in [3.8, 4) is 0 Å². The summed E-state index contributed by atoms with van der Waals surface area (Å²) in [6, 6.07) is 1.90. The molecule has 2 fully saturated rings. The molecule has 0 spiro atoms. The molecule has 1 amide bonds. The molecule has 134 valence electrons. The summed E-state index contributed by atoms with van der Waals surface area (Å²) in [6.07, 6.45) is 6.26. The Hall–Kier alpha value is -1.95. The number of hydrogen-bond acceptors (Lipinski definition) is 5. The van der Waals surface area contributed by atoms with Gasteiger partial charge in [-0.15, -0.1) is 0 Å². The number of esters is 1. The van der Waals surface area contributed by atoms with Crippen LogP contribution in [0.5, 0.6) is 0 Å². The van der Waals surface area contributed by atoms with Gasteiger partial charge in [0.15, 0.2) is 6.61 Å². The number of ether oxygens (including phenoxy) is 1. The summed E-state index contributed by atoms with van der Waals surface area (Å²) in [7, 11) is 0. The minimum absolute atomic E-state index is 0.0465. The highest BCUT2D eigenvalue weighted by Gasteiger charge is 2.59. The normalized spacial score (nSPS) is 28.6. The first kappa shape index (κ1) is 17.9. The molecule has 2 aliphatic carbocycles. The van der Waals surface area contributed by atoms with Crippen molar-refractivity contribution in [2.24, 2.45) is 21.8 Å². The van der Waals surface area contributed by atoms with Crippen molar-refractivity contribution >= 4 is 35.0 Å². The van der Waals surface area contributed by atoms with Gasteiger partial charge in [-0.1, -0.05) is 20.8 Å². The van der Waals surface area contributed by atoms with Crippen LogP contribution in [-0.4, -0.2) is 24.2 Å². The van der Waals surface area contributed by atoms with E-state index in [4.69, 9.17) is 4.74 Å². The largest absolute Gasteiger partial charge is 0.452 e. The zero-order chi connectivity index (χ0) is 18.1. The summed E-state index contributed by atoms with van der Waals surface area (Å²) in [4.78, 5) is 23.5. The molecule has 0 saturated heterocycles. The Morgan fingerprint density at radius 2 is 2.24 bits per heavy atom. The highest BCUT2D eigenvalue weighted by Crippen LogP contribution is 2.63. The number of nitrogens with one attached hydrogen (secondary N) is 1. The van der Waals surface area contributed by atoms with Gasteiger partial charge in [-0.2, -0.15) is 16.4 Å². The van der Waals surface area contributed by atoms with Crippen molar-refractivity contribution in [2.45, 2.75) is 40.0 Å². The van der Waals surface area contributed by atoms with Crippen LogP contribution in [-0.2, 0) is 14.3 Å². The molecule has 1 N–H and O–H groups in total. The third kappa shape index (κ3) is 3.40. The van der Waals surface area contributed by atoms with Gasteiger partial charge in [0.05, 0.1) is 0 Å². The minimum atomic E-state index is -0.540. The smallest absolute Gasteiger partial charge is 0.331 e. The molecule has 2 bridgehead atoms. The van der Waals surface area contributed by atoms with Crippen LogP contribution in [0.2, 0.25) is 0 Å². The third-order valence-corrected chi connectivity index (χ3v) is 6.83. The second-order valence-electron chi connectivity index (χ2n) is 7.58. The van der Waals surface area contributed by atoms with Gasteiger partial charge in [-0.25, -0.2) is 10.2 Å². The number of thiophene rings is 1. The second-order valence-corrected chi connectivity index (χ2v) is 8.36. The van der Waals surface area contributed by atoms with E-state index in [0.29, 0.717) is 5.92 Å². The molecule has 25 heavy (non-hydrogen) atoms. The van der Waals surface area contributed by atoms with Crippen LogP contribution in [0.25, 0.3) is 6.08 Å². The lowest BCUT2D eigenvalue weighted by atomic mass is 9.70. The standard InChI is InChI=1S/C19H24N2O3S/c1-18(2)14-6-8-19(18,3)15(10-14)20-21-16(22)11-24-17(23)5-4-13-7-9-25-12-13/h4-5,7,9,12,14H,6,8,10-11H2,1-3H3,(H,21,22)/b5-4+,20-15-. The molecule has 1 heterocycles. The van der Waals surface area contributed by atoms with Crippen LogP contribution in [0.4, 0.5) is 0 Å². The van der Waals surface area contributed by atoms with Gasteiger partial charge in [0, 0.05) is 17.2 Å². The lowest BCUT2D eigenvalue weighted by molar-refractivity contribution is -0.143. The molecular weight excluding hydrogens is 336 g/mol. The van der Waals surface area contributed by atoms with E-state index in [9.17, 15) is 9.59 Å². The Morgan fingerprint density at radius 3 is 2.84 bits per heavy atom. The number of nitrogens with zero attached hydrogens (tertiary/aromatic N) is 1. The molecule has 2 unspecified atom stereocenters. The average molecular weight is 360 g/mol. The summed E-state index contributed by atoms with van der Waals surface area (Å²) in [5.74, 6) is -0.316. The lowest BCUT2D eigenvalue weighted by Crippen LogP contribution is -2.34. The van der Waals surface area contributed by atoms with E-state index >= 15 is 0 Å². The SMILES string of the molecule is CC12CCC(C/C1=N/NC(=O)COC(=O)/C=C/c1ccsc1)C2(C)C. The van der Waals surface area contributed by atoms with E-state index in [1.54, 1.807) is 17.4 Å². The first-order valence-corrected chi connectivity index (χ1v) is 9.50. The Balaban J connectivity index is 1.48. The third-order valence-electron chi connectivity index (χ3n) is 6.13. The monoisotopic (exact) mass is 360 g/mol. The maximum atomic E-state index is 11.9. The van der Waals surface area contributed by atoms with Crippen molar-refractivity contribution in [2.75, 3.05) is 6.61 Å². The van der Waals surface area contributed by atoms with E-state index in [2.05, 4.69) is 31.3 Å². The maximum Gasteiger partial charge on any atom is 0.331 e. The van der Waals surface area contributed by atoms with E-state index in [1.165, 1.54) is 12.5 Å². The number of fused-ring (bicyclic) bond motifs is 2. The molecule has 2 saturated carbocycles. The fourth-order valence-electron chi connectivity index (χ4n) is 3.98. The van der Waals surface area contributed by atoms with Gasteiger partial charge in [0.2, 0.25) is 0 Å². The van der Waals surface area contributed by atoms with Crippen molar-refractivity contribution in [1.29, 1.82) is 0 Å². The number of hydrazone groups is 1. The fraction of sp³-hybridized carbons (Fsp3) is 0.526. The van der Waals surface area contributed by atoms with Crippen molar-refractivity contribution in [3.63, 3.8) is 0 Å². The van der Waals surface area contributed by atoms with Crippen LogP contribution in [0.15, 0.2) is 28.0 Å². The number of hydrogen-bond donors (Lipinski definition) is 1. The highest BCUT2D eigenvalue weighted by atomic mass is 32.1. The molecule has 6 heteroatoms. The molecule has 2 aliphatic rings. The van der Waals surface area contributed by atoms with Gasteiger partial charge in [-0.05, 0) is 59.1 Å². The molecule has 2 atom stereocenters. The van der Waals surface area contributed by atoms with Crippen LogP contribution in [0.1, 0.15) is 45.6 Å². The Bertz CT molecular complexity index is 721. The zero-order valence-corrected chi connectivity index (χ0v) is 15.7. The summed E-state index contributed by atoms with van der Waals surface area (Å²) in [5.41, 5.74) is 4.81. The molecule has 1 aromatic rings. The molecule has 5 nitrogen and oxygen atoms in total. The van der Waals surface area contributed by atoms with E-state index in [0.717, 1.165) is 24.1 Å². The molecular formula is C19H24N2O3S. The van der Waals surface area contributed by atoms with Crippen LogP contribution in [0.3, 0.4) is 0 Å².